The average molecular weight is 316 g/mol. The minimum Gasteiger partial charge on any atom is -0.550 e. The monoisotopic (exact) mass is 316 g/mol. The maximum absolute atomic E-state index is 10.6. The van der Waals surface area contributed by atoms with Gasteiger partial charge in [-0.3, -0.25) is 0 Å². The van der Waals surface area contributed by atoms with Gasteiger partial charge >= 0.3 is 51.4 Å². The van der Waals surface area contributed by atoms with Crippen LogP contribution in [0.4, 0.5) is 0 Å². The normalized spacial score (nSPS) is 11.9. The number of carboxylic acid groups (broad SMARTS) is 1. The second kappa shape index (κ2) is 7.60. The van der Waals surface area contributed by atoms with E-state index in [0.717, 1.165) is 16.7 Å². The van der Waals surface area contributed by atoms with Crippen LogP contribution in [0.1, 0.15) is 64.7 Å². The predicted molar refractivity (Wildman–Crippen MR) is 78.8 cm³/mol. The summed E-state index contributed by atoms with van der Waals surface area (Å²) < 4.78 is 0. The molecule has 3 nitrogen and oxygen atoms in total. The van der Waals surface area contributed by atoms with Crippen molar-refractivity contribution in [3.8, 4) is 5.75 Å². The molecule has 1 aromatic rings. The Morgan fingerprint density at radius 2 is 1.43 bits per heavy atom. The molecular weight excluding hydrogens is 291 g/mol. The Kier molecular flexibility index (Phi) is 7.65. The second-order valence-electron chi connectivity index (χ2n) is 7.41. The van der Waals surface area contributed by atoms with Crippen LogP contribution < -0.4 is 56.5 Å². The summed E-state index contributed by atoms with van der Waals surface area (Å²) >= 11 is 0. The first-order valence-corrected chi connectivity index (χ1v) is 6.99. The van der Waals surface area contributed by atoms with Gasteiger partial charge in [-0.2, -0.15) is 0 Å². The minimum atomic E-state index is -1.05. The van der Waals surface area contributed by atoms with Crippen molar-refractivity contribution in [3.63, 3.8) is 0 Å². The van der Waals surface area contributed by atoms with Crippen molar-refractivity contribution >= 4 is 5.97 Å². The summed E-state index contributed by atoms with van der Waals surface area (Å²) in [5.74, 6) is -0.727. The molecule has 0 unspecified atom stereocenters. The molecule has 0 radical (unpaired) electrons. The van der Waals surface area contributed by atoms with E-state index in [4.69, 9.17) is 0 Å². The van der Waals surface area contributed by atoms with Crippen LogP contribution in [0.2, 0.25) is 0 Å². The third-order valence-corrected chi connectivity index (χ3v) is 3.40. The average Bonchev–Trinajstić information content (AvgIpc) is 2.24. The molecule has 0 aliphatic heterocycles. The Morgan fingerprint density at radius 1 is 1.05 bits per heavy atom. The number of aromatic hydroxyl groups is 1. The van der Waals surface area contributed by atoms with E-state index in [2.05, 4.69) is 0 Å². The Morgan fingerprint density at radius 3 is 1.71 bits per heavy atom. The van der Waals surface area contributed by atoms with Crippen LogP contribution in [-0.4, -0.2) is 11.1 Å². The number of carboxylic acids is 1. The van der Waals surface area contributed by atoms with Gasteiger partial charge in [-0.15, -0.1) is 0 Å². The fourth-order valence-electron chi connectivity index (χ4n) is 2.23. The Labute approximate surface area is 170 Å². The van der Waals surface area contributed by atoms with Gasteiger partial charge in [0.1, 0.15) is 5.75 Å². The first kappa shape index (κ1) is 21.1. The molecule has 0 aliphatic rings. The second-order valence-corrected chi connectivity index (χ2v) is 7.41. The molecule has 0 aromatic heterocycles. The van der Waals surface area contributed by atoms with E-state index in [0.29, 0.717) is 12.2 Å². The van der Waals surface area contributed by atoms with E-state index >= 15 is 0 Å². The predicted octanol–water partition coefficient (Wildman–Crippen LogP) is -0.326. The van der Waals surface area contributed by atoms with E-state index in [1.54, 1.807) is 0 Å². The van der Waals surface area contributed by atoms with Crippen molar-refractivity contribution in [3.05, 3.63) is 28.8 Å². The summed E-state index contributed by atoms with van der Waals surface area (Å²) in [5.41, 5.74) is 2.27. The molecule has 0 atom stereocenters. The Balaban J connectivity index is 0.00000400. The molecule has 0 bridgehead atoms. The fraction of sp³-hybridized carbons (Fsp3) is 0.588. The first-order valence-electron chi connectivity index (χ1n) is 6.99. The molecule has 0 saturated heterocycles. The topological polar surface area (TPSA) is 60.4 Å². The number of carbonyl (C=O) groups is 1. The molecule has 0 saturated carbocycles. The van der Waals surface area contributed by atoms with Gasteiger partial charge in [-0.25, -0.2) is 0 Å². The summed E-state index contributed by atoms with van der Waals surface area (Å²) in [6.07, 6.45) is 0.423. The number of aliphatic carboxylic acids is 1. The summed E-state index contributed by atoms with van der Waals surface area (Å²) in [4.78, 5) is 10.6. The molecule has 0 spiro atoms. The van der Waals surface area contributed by atoms with Crippen molar-refractivity contribution in [2.24, 2.45) is 0 Å². The van der Waals surface area contributed by atoms with Gasteiger partial charge in [-0.1, -0.05) is 53.7 Å². The molecule has 21 heavy (non-hydrogen) atoms. The Bertz CT molecular complexity index is 473. The number of rotatable bonds is 3. The minimum absolute atomic E-state index is 0. The number of carbonyl (C=O) groups excluding carboxylic acids is 1. The molecule has 1 rings (SSSR count). The molecule has 1 N–H and O–H groups in total. The third kappa shape index (κ3) is 6.03. The smallest absolute Gasteiger partial charge is 0.550 e. The zero-order valence-electron chi connectivity index (χ0n) is 14.3. The molecule has 0 aliphatic carbocycles. The van der Waals surface area contributed by atoms with Gasteiger partial charge in [0.05, 0.1) is 0 Å². The van der Waals surface area contributed by atoms with Crippen LogP contribution in [0, 0.1) is 0 Å². The van der Waals surface area contributed by atoms with Crippen LogP contribution in [0.3, 0.4) is 0 Å². The number of phenols is 1. The Hall–Kier alpha value is 0.126. The number of phenolic OH excluding ortho intramolecular Hbond substituents is 1. The third-order valence-electron chi connectivity index (χ3n) is 3.40. The van der Waals surface area contributed by atoms with Crippen molar-refractivity contribution in [1.29, 1.82) is 0 Å². The van der Waals surface area contributed by atoms with Gasteiger partial charge in [0.25, 0.3) is 0 Å². The molecule has 1 aromatic carbocycles. The maximum Gasteiger partial charge on any atom is 1.00 e. The summed E-state index contributed by atoms with van der Waals surface area (Å²) in [5, 5.41) is 21.2. The first-order chi connectivity index (χ1) is 8.93. The van der Waals surface area contributed by atoms with Crippen LogP contribution in [0.25, 0.3) is 0 Å². The molecular formula is C17H25KO3. The number of benzene rings is 1. The van der Waals surface area contributed by atoms with Crippen molar-refractivity contribution in [2.75, 3.05) is 0 Å². The SMILES string of the molecule is CC(C)(C)c1cc(CCC(=O)[O-])cc(C(C)(C)C)c1O.[K+]. The number of aryl methyl sites for hydroxylation is 1. The van der Waals surface area contributed by atoms with E-state index in [1.807, 2.05) is 53.7 Å². The van der Waals surface area contributed by atoms with Gasteiger partial charge in [0.2, 0.25) is 0 Å². The van der Waals surface area contributed by atoms with E-state index in [9.17, 15) is 15.0 Å². The largest absolute Gasteiger partial charge is 1.00 e. The van der Waals surface area contributed by atoms with E-state index in [-0.39, 0.29) is 68.6 Å². The van der Waals surface area contributed by atoms with E-state index < -0.39 is 5.97 Å². The standard InChI is InChI=1S/C17H26O3.K/c1-16(2,3)12-9-11(7-8-14(18)19)10-13(15(12)20)17(4,5)6;/h9-10,20H,7-8H2,1-6H3,(H,18,19);/q;+1/p-1. The van der Waals surface area contributed by atoms with Crippen LogP contribution in [0.15, 0.2) is 12.1 Å². The summed E-state index contributed by atoms with van der Waals surface area (Å²) in [6.45, 7) is 12.2. The zero-order chi connectivity index (χ0) is 15.7. The maximum atomic E-state index is 10.6. The molecule has 112 valence electrons. The van der Waals surface area contributed by atoms with Crippen LogP contribution in [-0.2, 0) is 22.0 Å². The molecule has 0 fully saturated rings. The van der Waals surface area contributed by atoms with Gasteiger partial charge in [0.15, 0.2) is 0 Å². The molecule has 4 heteroatoms. The summed E-state index contributed by atoms with van der Waals surface area (Å²) in [6, 6.07) is 3.82. The molecule has 0 heterocycles. The van der Waals surface area contributed by atoms with Crippen LogP contribution in [0.5, 0.6) is 5.75 Å². The molecule has 0 amide bonds. The number of hydrogen-bond acceptors (Lipinski definition) is 3. The van der Waals surface area contributed by atoms with Crippen LogP contribution >= 0.6 is 0 Å². The van der Waals surface area contributed by atoms with Crippen molar-refractivity contribution < 1.29 is 66.4 Å². The van der Waals surface area contributed by atoms with E-state index in [1.165, 1.54) is 0 Å². The van der Waals surface area contributed by atoms with Gasteiger partial charge in [0, 0.05) is 5.97 Å². The fourth-order valence-corrected chi connectivity index (χ4v) is 2.23. The van der Waals surface area contributed by atoms with Crippen molar-refractivity contribution in [1.82, 2.24) is 0 Å². The summed E-state index contributed by atoms with van der Waals surface area (Å²) in [7, 11) is 0. The van der Waals surface area contributed by atoms with Crippen molar-refractivity contribution in [2.45, 2.75) is 65.2 Å². The number of hydrogen-bond donors (Lipinski definition) is 1. The van der Waals surface area contributed by atoms with Gasteiger partial charge < -0.3 is 15.0 Å². The van der Waals surface area contributed by atoms with Gasteiger partial charge in [-0.05, 0) is 40.4 Å². The zero-order valence-corrected chi connectivity index (χ0v) is 17.5. The quantitative estimate of drug-likeness (QED) is 0.777.